The van der Waals surface area contributed by atoms with E-state index < -0.39 is 29.3 Å². The standard InChI is InChI=1S/C34H24F3N3O5/c1-2-40(15-14-20(19-38)31(41)42)24-11-12-27-30(18-24)44-29-13-10-23(39-22-7-5-6-21(16-22)34(35,36)37)17-28(29)33(27)26-9-4-3-8-25(26)32(43)45-33/h3-14,16-18,39H,2,15H2,1H3,(H,41,42)/b20-14-. The summed E-state index contributed by atoms with van der Waals surface area (Å²) < 4.78 is 52.6. The fourth-order valence-corrected chi connectivity index (χ4v) is 5.67. The monoisotopic (exact) mass is 611 g/mol. The molecule has 0 radical (unpaired) electrons. The molecule has 4 aromatic carbocycles. The molecular weight excluding hydrogens is 587 g/mol. The number of hydrogen-bond donors (Lipinski definition) is 2. The number of halogens is 3. The van der Waals surface area contributed by atoms with Gasteiger partial charge >= 0.3 is 18.1 Å². The number of benzene rings is 4. The van der Waals surface area contributed by atoms with E-state index in [1.165, 1.54) is 18.2 Å². The van der Waals surface area contributed by atoms with Gasteiger partial charge in [-0.25, -0.2) is 9.59 Å². The Hall–Kier alpha value is -5.76. The largest absolute Gasteiger partial charge is 0.477 e. The first kappa shape index (κ1) is 29.3. The number of rotatable bonds is 7. The van der Waals surface area contributed by atoms with Crippen molar-refractivity contribution >= 4 is 29.0 Å². The third-order valence-electron chi connectivity index (χ3n) is 7.79. The number of nitrogens with one attached hydrogen (secondary N) is 1. The summed E-state index contributed by atoms with van der Waals surface area (Å²) in [5, 5.41) is 21.4. The zero-order valence-corrected chi connectivity index (χ0v) is 23.7. The van der Waals surface area contributed by atoms with Crippen LogP contribution in [-0.2, 0) is 21.3 Å². The minimum absolute atomic E-state index is 0.147. The molecule has 226 valence electrons. The van der Waals surface area contributed by atoms with Crippen molar-refractivity contribution in [1.29, 1.82) is 5.26 Å². The first-order valence-corrected chi connectivity index (χ1v) is 13.9. The number of alkyl halides is 3. The van der Waals surface area contributed by atoms with Gasteiger partial charge in [-0.05, 0) is 67.6 Å². The molecule has 1 unspecified atom stereocenters. The first-order valence-electron chi connectivity index (χ1n) is 13.9. The lowest BCUT2D eigenvalue weighted by atomic mass is 9.77. The summed E-state index contributed by atoms with van der Waals surface area (Å²) in [6.45, 7) is 2.51. The number of aliphatic carboxylic acids is 1. The molecule has 2 aliphatic rings. The number of esters is 1. The van der Waals surface area contributed by atoms with E-state index >= 15 is 0 Å². The molecule has 0 amide bonds. The summed E-state index contributed by atoms with van der Waals surface area (Å²) in [6.07, 6.45) is -3.18. The Bertz CT molecular complexity index is 1930. The number of ether oxygens (including phenoxy) is 2. The van der Waals surface area contributed by atoms with Gasteiger partial charge in [-0.1, -0.05) is 24.3 Å². The molecule has 1 spiro atoms. The highest BCUT2D eigenvalue weighted by atomic mass is 19.4. The predicted octanol–water partition coefficient (Wildman–Crippen LogP) is 7.38. The molecule has 4 aromatic rings. The van der Waals surface area contributed by atoms with Crippen LogP contribution in [0.4, 0.5) is 30.2 Å². The SMILES string of the molecule is CCN(C/C=C(/C#N)C(=O)O)c1ccc2c(c1)Oc1ccc(Nc3cccc(C(F)(F)F)c3)cc1C21OC(=O)c2ccccc21. The van der Waals surface area contributed by atoms with Gasteiger partial charge in [0.25, 0.3) is 0 Å². The molecule has 6 rings (SSSR count). The number of carbonyl (C=O) groups excluding carboxylic acids is 1. The fourth-order valence-electron chi connectivity index (χ4n) is 5.67. The lowest BCUT2D eigenvalue weighted by Crippen LogP contribution is -2.33. The molecule has 0 fully saturated rings. The van der Waals surface area contributed by atoms with Crippen LogP contribution in [0.25, 0.3) is 0 Å². The quantitative estimate of drug-likeness (QED) is 0.127. The Labute approximate surface area is 255 Å². The number of carbonyl (C=O) groups is 2. The Balaban J connectivity index is 1.45. The van der Waals surface area contributed by atoms with E-state index in [2.05, 4.69) is 5.32 Å². The summed E-state index contributed by atoms with van der Waals surface area (Å²) in [5.74, 6) is -1.09. The molecule has 11 heteroatoms. The molecule has 2 N–H and O–H groups in total. The van der Waals surface area contributed by atoms with Crippen LogP contribution in [0.3, 0.4) is 0 Å². The lowest BCUT2D eigenvalue weighted by Gasteiger charge is -2.37. The zero-order valence-electron chi connectivity index (χ0n) is 23.7. The van der Waals surface area contributed by atoms with Crippen molar-refractivity contribution in [3.05, 3.63) is 124 Å². The molecule has 0 saturated heterocycles. The van der Waals surface area contributed by atoms with Crippen molar-refractivity contribution < 1.29 is 37.3 Å². The predicted molar refractivity (Wildman–Crippen MR) is 159 cm³/mol. The number of hydrogen-bond acceptors (Lipinski definition) is 7. The summed E-state index contributed by atoms with van der Waals surface area (Å²) in [7, 11) is 0. The molecule has 0 aliphatic carbocycles. The number of likely N-dealkylation sites (N-methyl/N-ethyl adjacent to an activating group) is 1. The van der Waals surface area contributed by atoms with E-state index in [0.717, 1.165) is 12.1 Å². The van der Waals surface area contributed by atoms with Crippen LogP contribution in [0.15, 0.2) is 96.6 Å². The number of nitriles is 1. The smallest absolute Gasteiger partial charge is 0.416 e. The van der Waals surface area contributed by atoms with Gasteiger partial charge in [0, 0.05) is 52.9 Å². The van der Waals surface area contributed by atoms with E-state index in [4.69, 9.17) is 14.7 Å². The maximum Gasteiger partial charge on any atom is 0.416 e. The Morgan fingerprint density at radius 1 is 0.978 bits per heavy atom. The number of nitrogens with zero attached hydrogens (tertiary/aromatic N) is 2. The first-order chi connectivity index (χ1) is 21.5. The van der Waals surface area contributed by atoms with Crippen LogP contribution in [0, 0.1) is 11.3 Å². The van der Waals surface area contributed by atoms with E-state index in [1.807, 2.05) is 11.8 Å². The van der Waals surface area contributed by atoms with Gasteiger partial charge in [-0.15, -0.1) is 0 Å². The van der Waals surface area contributed by atoms with Gasteiger partial charge in [0.05, 0.1) is 11.1 Å². The van der Waals surface area contributed by atoms with Gasteiger partial charge < -0.3 is 24.8 Å². The molecule has 2 aliphatic heterocycles. The third kappa shape index (κ3) is 5.10. The van der Waals surface area contributed by atoms with Crippen molar-refractivity contribution in [3.8, 4) is 17.6 Å². The summed E-state index contributed by atoms with van der Waals surface area (Å²) in [6, 6.07) is 23.8. The van der Waals surface area contributed by atoms with Crippen molar-refractivity contribution in [1.82, 2.24) is 0 Å². The number of carboxylic acid groups (broad SMARTS) is 1. The minimum Gasteiger partial charge on any atom is -0.477 e. The highest BCUT2D eigenvalue weighted by Gasteiger charge is 2.53. The van der Waals surface area contributed by atoms with Gasteiger partial charge in [-0.2, -0.15) is 18.4 Å². The molecule has 0 aromatic heterocycles. The average molecular weight is 612 g/mol. The Kier molecular flexibility index (Phi) is 7.21. The Morgan fingerprint density at radius 3 is 2.49 bits per heavy atom. The number of carboxylic acids is 1. The van der Waals surface area contributed by atoms with Crippen molar-refractivity contribution in [2.75, 3.05) is 23.3 Å². The van der Waals surface area contributed by atoms with Crippen LogP contribution >= 0.6 is 0 Å². The maximum atomic E-state index is 13.3. The second kappa shape index (κ2) is 11.1. The second-order valence-electron chi connectivity index (χ2n) is 10.4. The van der Waals surface area contributed by atoms with Gasteiger partial charge in [0.2, 0.25) is 0 Å². The van der Waals surface area contributed by atoms with Gasteiger partial charge in [0.15, 0.2) is 5.60 Å². The molecule has 1 atom stereocenters. The topological polar surface area (TPSA) is 112 Å². The molecule has 2 heterocycles. The maximum absolute atomic E-state index is 13.3. The summed E-state index contributed by atoms with van der Waals surface area (Å²) in [5.41, 5.74) is 0.722. The highest BCUT2D eigenvalue weighted by molar-refractivity contribution is 5.97. The Morgan fingerprint density at radius 2 is 1.76 bits per heavy atom. The van der Waals surface area contributed by atoms with E-state index in [0.29, 0.717) is 51.7 Å². The van der Waals surface area contributed by atoms with E-state index in [9.17, 15) is 27.9 Å². The van der Waals surface area contributed by atoms with E-state index in [1.54, 1.807) is 66.7 Å². The summed E-state index contributed by atoms with van der Waals surface area (Å²) in [4.78, 5) is 26.4. The molecule has 0 bridgehead atoms. The van der Waals surface area contributed by atoms with E-state index in [-0.39, 0.29) is 17.8 Å². The summed E-state index contributed by atoms with van der Waals surface area (Å²) >= 11 is 0. The molecule has 0 saturated carbocycles. The number of fused-ring (bicyclic) bond motifs is 6. The zero-order chi connectivity index (χ0) is 31.9. The van der Waals surface area contributed by atoms with Crippen molar-refractivity contribution in [2.45, 2.75) is 18.7 Å². The second-order valence-corrected chi connectivity index (χ2v) is 10.4. The minimum atomic E-state index is -4.51. The third-order valence-corrected chi connectivity index (χ3v) is 7.79. The average Bonchev–Trinajstić information content (AvgIpc) is 3.31. The van der Waals surface area contributed by atoms with Crippen molar-refractivity contribution in [2.24, 2.45) is 0 Å². The molecular formula is C34H24F3N3O5. The van der Waals surface area contributed by atoms with Crippen LogP contribution in [0.5, 0.6) is 11.5 Å². The molecule has 8 nitrogen and oxygen atoms in total. The normalized spacial score (nSPS) is 16.5. The van der Waals surface area contributed by atoms with Crippen molar-refractivity contribution in [3.63, 3.8) is 0 Å². The van der Waals surface area contributed by atoms with Crippen LogP contribution < -0.4 is 15.0 Å². The fraction of sp³-hybridized carbons (Fsp3) is 0.147. The molecule has 45 heavy (non-hydrogen) atoms. The van der Waals surface area contributed by atoms with Crippen LogP contribution in [0.1, 0.15) is 39.5 Å². The number of anilines is 3. The van der Waals surface area contributed by atoms with Gasteiger partial charge in [-0.3, -0.25) is 0 Å². The van der Waals surface area contributed by atoms with Crippen LogP contribution in [-0.4, -0.2) is 30.1 Å². The van der Waals surface area contributed by atoms with Gasteiger partial charge in [0.1, 0.15) is 23.1 Å². The lowest BCUT2D eigenvalue weighted by molar-refractivity contribution is -0.137. The van der Waals surface area contributed by atoms with Crippen LogP contribution in [0.2, 0.25) is 0 Å². The highest BCUT2D eigenvalue weighted by Crippen LogP contribution is 2.57.